The minimum atomic E-state index is -0.0957. The van der Waals surface area contributed by atoms with Crippen molar-refractivity contribution in [2.45, 2.75) is 105 Å². The maximum atomic E-state index is 5.96. The smallest absolute Gasteiger partial charge is 0.0624 e. The van der Waals surface area contributed by atoms with Crippen LogP contribution in [0.3, 0.4) is 0 Å². The fourth-order valence-electron chi connectivity index (χ4n) is 5.55. The van der Waals surface area contributed by atoms with E-state index in [1.807, 2.05) is 0 Å². The Morgan fingerprint density at radius 2 is 1.48 bits per heavy atom. The Morgan fingerprint density at radius 1 is 0.963 bits per heavy atom. The van der Waals surface area contributed by atoms with Crippen molar-refractivity contribution < 1.29 is 25.2 Å². The quantitative estimate of drug-likeness (QED) is 0.227. The second-order valence-corrected chi connectivity index (χ2v) is 13.6. The van der Waals surface area contributed by atoms with Crippen LogP contribution < -0.4 is 0 Å². The summed E-state index contributed by atoms with van der Waals surface area (Å²) in [4.78, 5) is 0. The van der Waals surface area contributed by atoms with Gasteiger partial charge in [0.1, 0.15) is 0 Å². The molecule has 0 spiro atoms. The molecule has 0 aromatic heterocycles. The van der Waals surface area contributed by atoms with E-state index in [-0.39, 0.29) is 43.2 Å². The van der Waals surface area contributed by atoms with Crippen LogP contribution in [0.2, 0.25) is 0 Å². The Bertz CT molecular complexity index is 400. The minimum Gasteiger partial charge on any atom is -0.499 e. The fraction of sp³-hybridized carbons (Fsp3) is 0.833. The largest absolute Gasteiger partial charge is 0.499 e. The van der Waals surface area contributed by atoms with E-state index in [0.717, 1.165) is 40.6 Å². The number of hydrogen-bond acceptors (Lipinski definition) is 1. The average molecular weight is 489 g/mol. The third-order valence-corrected chi connectivity index (χ3v) is 10.0. The number of rotatable bonds is 5. The Labute approximate surface area is 187 Å². The summed E-state index contributed by atoms with van der Waals surface area (Å²) in [6.07, 6.45) is 11.6. The van der Waals surface area contributed by atoms with E-state index in [1.54, 1.807) is 0 Å². The van der Waals surface area contributed by atoms with Crippen LogP contribution in [0, 0.1) is 43.6 Å². The number of hydrogen-bond donors (Lipinski definition) is 0. The molecule has 3 aliphatic carbocycles. The zero-order chi connectivity index (χ0) is 18.0. The standard InChI is InChI=1S/C13H18O.C9H21P.CH4.CH3.Pd/c1-8(2)14-13-7-9-6-12(13)11-5-3-4-10(9)11;1-7(2)10(8(3)4)9(5)6;;;/h3,7-13H,5-6H2,1-2H3;7-9H,1-6H3;1H4;1H3;/q-2;;;-1;/p+1. The molecule has 0 aromatic carbocycles. The predicted molar refractivity (Wildman–Crippen MR) is 122 cm³/mol. The number of fused-ring (bicyclic) bond motifs is 5. The van der Waals surface area contributed by atoms with Gasteiger partial charge in [-0.15, -0.1) is 0 Å². The van der Waals surface area contributed by atoms with Crippen LogP contribution >= 0.6 is 7.92 Å². The molecule has 0 amide bonds. The fourth-order valence-corrected chi connectivity index (χ4v) is 9.55. The minimum absolute atomic E-state index is 0. The zero-order valence-corrected chi connectivity index (χ0v) is 21.0. The molecule has 3 aliphatic rings. The zero-order valence-electron chi connectivity index (χ0n) is 18.5. The van der Waals surface area contributed by atoms with Gasteiger partial charge in [-0.1, -0.05) is 32.3 Å². The summed E-state index contributed by atoms with van der Waals surface area (Å²) in [6.45, 7) is 18.5. The molecule has 2 saturated carbocycles. The normalized spacial score (nSPS) is 30.2. The SMILES string of the molecule is C.CC(C)OC1[CH-]C2CC1C1CC=[C-]C21.CC(C)[PH+](C(C)C)C(C)C.[CH3-].[Pd]. The maximum Gasteiger partial charge on any atom is 0.0624 e. The monoisotopic (exact) mass is 488 g/mol. The first kappa shape index (κ1) is 30.0. The summed E-state index contributed by atoms with van der Waals surface area (Å²) < 4.78 is 5.96. The summed E-state index contributed by atoms with van der Waals surface area (Å²) in [6, 6.07) is 0. The van der Waals surface area contributed by atoms with E-state index in [0.29, 0.717) is 12.2 Å². The molecule has 3 heteroatoms. The molecule has 2 bridgehead atoms. The molecule has 1 nitrogen and oxygen atoms in total. The molecule has 3 rings (SSSR count). The predicted octanol–water partition coefficient (Wildman–Crippen LogP) is 7.14. The van der Waals surface area contributed by atoms with Gasteiger partial charge in [0.2, 0.25) is 0 Å². The van der Waals surface area contributed by atoms with Gasteiger partial charge < -0.3 is 18.2 Å². The molecule has 0 aromatic rings. The van der Waals surface area contributed by atoms with Gasteiger partial charge in [-0.05, 0) is 61.3 Å². The van der Waals surface area contributed by atoms with Crippen molar-refractivity contribution in [3.8, 4) is 0 Å². The van der Waals surface area contributed by atoms with Crippen LogP contribution in [0.5, 0.6) is 0 Å². The number of ether oxygens (including phenoxy) is 1. The van der Waals surface area contributed by atoms with Crippen molar-refractivity contribution in [1.82, 2.24) is 0 Å². The first-order chi connectivity index (χ1) is 11.2. The molecule has 166 valence electrons. The van der Waals surface area contributed by atoms with Gasteiger partial charge in [-0.25, -0.2) is 0 Å². The Morgan fingerprint density at radius 3 is 1.89 bits per heavy atom. The van der Waals surface area contributed by atoms with E-state index < -0.39 is 0 Å². The summed E-state index contributed by atoms with van der Waals surface area (Å²) in [7, 11) is -0.0957. The van der Waals surface area contributed by atoms with E-state index in [1.165, 1.54) is 12.8 Å². The second-order valence-electron chi connectivity index (χ2n) is 9.17. The molecule has 27 heavy (non-hydrogen) atoms. The van der Waals surface area contributed by atoms with Crippen LogP contribution in [0.1, 0.15) is 75.7 Å². The topological polar surface area (TPSA) is 9.23 Å². The van der Waals surface area contributed by atoms with Gasteiger partial charge in [0.25, 0.3) is 0 Å². The van der Waals surface area contributed by atoms with Crippen molar-refractivity contribution in [3.05, 3.63) is 26.0 Å². The van der Waals surface area contributed by atoms with Crippen LogP contribution in [0.25, 0.3) is 0 Å². The molecular weight excluding hydrogens is 442 g/mol. The van der Waals surface area contributed by atoms with Gasteiger partial charge in [0, 0.05) is 34.4 Å². The molecule has 5 atom stereocenters. The third kappa shape index (κ3) is 7.52. The first-order valence-corrected chi connectivity index (χ1v) is 11.9. The van der Waals surface area contributed by atoms with Crippen LogP contribution in [0.4, 0.5) is 0 Å². The van der Waals surface area contributed by atoms with Crippen molar-refractivity contribution in [1.29, 1.82) is 0 Å². The molecule has 0 radical (unpaired) electrons. The van der Waals surface area contributed by atoms with E-state index in [4.69, 9.17) is 4.74 Å². The summed E-state index contributed by atoms with van der Waals surface area (Å²) >= 11 is 0. The van der Waals surface area contributed by atoms with E-state index >= 15 is 0 Å². The Hall–Kier alpha value is 0.792. The average Bonchev–Trinajstić information content (AvgIpc) is 3.07. The molecule has 2 fully saturated rings. The Balaban J connectivity index is 0. The second kappa shape index (κ2) is 13.2. The van der Waals surface area contributed by atoms with Crippen molar-refractivity contribution >= 4 is 7.92 Å². The maximum absolute atomic E-state index is 5.96. The summed E-state index contributed by atoms with van der Waals surface area (Å²) in [5.74, 6) is 3.16. The van der Waals surface area contributed by atoms with Gasteiger partial charge in [0.05, 0.1) is 17.0 Å². The molecular formula is C24H47OPPd-2. The van der Waals surface area contributed by atoms with Crippen LogP contribution in [-0.2, 0) is 25.2 Å². The molecule has 5 unspecified atom stereocenters. The van der Waals surface area contributed by atoms with Crippen LogP contribution in [0.15, 0.2) is 6.08 Å². The van der Waals surface area contributed by atoms with Crippen molar-refractivity contribution in [2.24, 2.45) is 23.7 Å². The van der Waals surface area contributed by atoms with Gasteiger partial charge >= 0.3 is 0 Å². The van der Waals surface area contributed by atoms with E-state index in [2.05, 4.69) is 74.0 Å². The van der Waals surface area contributed by atoms with Gasteiger partial charge in [-0.2, -0.15) is 11.8 Å². The van der Waals surface area contributed by atoms with Gasteiger partial charge in [0.15, 0.2) is 0 Å². The third-order valence-electron chi connectivity index (χ3n) is 6.01. The summed E-state index contributed by atoms with van der Waals surface area (Å²) in [5.41, 5.74) is 2.81. The van der Waals surface area contributed by atoms with Crippen LogP contribution in [-0.4, -0.2) is 29.2 Å². The van der Waals surface area contributed by atoms with Crippen molar-refractivity contribution in [3.63, 3.8) is 0 Å². The number of allylic oxidation sites excluding steroid dienone is 2. The molecule has 0 N–H and O–H groups in total. The molecule has 0 heterocycles. The molecule has 0 saturated heterocycles. The van der Waals surface area contributed by atoms with Crippen molar-refractivity contribution in [2.75, 3.05) is 0 Å². The Kier molecular flexibility index (Phi) is 14.6. The van der Waals surface area contributed by atoms with E-state index in [9.17, 15) is 0 Å². The molecule has 0 aliphatic heterocycles. The first-order valence-electron chi connectivity index (χ1n) is 10.2. The van der Waals surface area contributed by atoms with Gasteiger partial charge in [-0.3, -0.25) is 12.5 Å². The summed E-state index contributed by atoms with van der Waals surface area (Å²) in [5, 5.41) is 0.